The summed E-state index contributed by atoms with van der Waals surface area (Å²) in [4.78, 5) is 8.66. The van der Waals surface area contributed by atoms with E-state index in [1.165, 1.54) is 16.2 Å². The van der Waals surface area contributed by atoms with E-state index in [1.54, 1.807) is 0 Å². The molecule has 2 heteroatoms. The molecule has 0 unspecified atom stereocenters. The second-order valence-electron chi connectivity index (χ2n) is 3.68. The molecule has 0 bridgehead atoms. The first kappa shape index (κ1) is 8.36. The number of hydrogen-bond acceptors (Lipinski definition) is 2. The van der Waals surface area contributed by atoms with E-state index in [0.29, 0.717) is 0 Å². The molecule has 2 heterocycles. The normalized spacial score (nSPS) is 11.0. The molecular formula is C13H10N2. The molecule has 0 fully saturated rings. The van der Waals surface area contributed by atoms with E-state index in [1.807, 2.05) is 31.5 Å². The molecule has 0 saturated carbocycles. The zero-order valence-electron chi connectivity index (χ0n) is 8.44. The van der Waals surface area contributed by atoms with Crippen molar-refractivity contribution in [2.45, 2.75) is 6.92 Å². The average molecular weight is 194 g/mol. The number of pyridine rings is 2. The summed E-state index contributed by atoms with van der Waals surface area (Å²) < 4.78 is 0. The standard InChI is InChI=1S/C13H10N2/c1-9-2-4-11-12-8-14-7-6-10(12)3-5-13(11)15-9/h2-8H,1H3. The molecule has 3 aromatic rings. The van der Waals surface area contributed by atoms with Crippen molar-refractivity contribution in [3.05, 3.63) is 48.4 Å². The number of benzene rings is 1. The Morgan fingerprint density at radius 2 is 1.87 bits per heavy atom. The van der Waals surface area contributed by atoms with Crippen molar-refractivity contribution in [3.63, 3.8) is 0 Å². The summed E-state index contributed by atoms with van der Waals surface area (Å²) in [6, 6.07) is 10.3. The molecule has 2 nitrogen and oxygen atoms in total. The van der Waals surface area contributed by atoms with Crippen molar-refractivity contribution in [1.29, 1.82) is 0 Å². The Labute approximate surface area is 87.6 Å². The molecule has 72 valence electrons. The fourth-order valence-corrected chi connectivity index (χ4v) is 1.88. The maximum absolute atomic E-state index is 4.50. The third-order valence-electron chi connectivity index (χ3n) is 2.63. The second kappa shape index (κ2) is 3.02. The lowest BCUT2D eigenvalue weighted by atomic mass is 10.1. The molecule has 0 aliphatic carbocycles. The van der Waals surface area contributed by atoms with Crippen LogP contribution in [-0.2, 0) is 0 Å². The van der Waals surface area contributed by atoms with Crippen LogP contribution in [0.4, 0.5) is 0 Å². The number of aryl methyl sites for hydroxylation is 1. The maximum atomic E-state index is 4.50. The van der Waals surface area contributed by atoms with E-state index in [9.17, 15) is 0 Å². The van der Waals surface area contributed by atoms with Crippen LogP contribution in [0.5, 0.6) is 0 Å². The van der Waals surface area contributed by atoms with Crippen LogP contribution in [-0.4, -0.2) is 9.97 Å². The van der Waals surface area contributed by atoms with Gasteiger partial charge in [0.15, 0.2) is 0 Å². The second-order valence-corrected chi connectivity index (χ2v) is 3.68. The zero-order chi connectivity index (χ0) is 10.3. The lowest BCUT2D eigenvalue weighted by molar-refractivity contribution is 1.26. The van der Waals surface area contributed by atoms with Crippen molar-refractivity contribution in [1.82, 2.24) is 9.97 Å². The van der Waals surface area contributed by atoms with Gasteiger partial charge in [0.25, 0.3) is 0 Å². The Morgan fingerprint density at radius 1 is 0.933 bits per heavy atom. The van der Waals surface area contributed by atoms with Gasteiger partial charge in [-0.2, -0.15) is 0 Å². The Hall–Kier alpha value is -1.96. The van der Waals surface area contributed by atoms with Crippen LogP contribution in [0.15, 0.2) is 42.7 Å². The first-order valence-electron chi connectivity index (χ1n) is 4.95. The van der Waals surface area contributed by atoms with E-state index in [2.05, 4.69) is 28.2 Å². The molecule has 0 amide bonds. The van der Waals surface area contributed by atoms with Gasteiger partial charge < -0.3 is 0 Å². The highest BCUT2D eigenvalue weighted by molar-refractivity contribution is 6.05. The summed E-state index contributed by atoms with van der Waals surface area (Å²) in [6.07, 6.45) is 3.71. The SMILES string of the molecule is Cc1ccc2c(ccc3ccncc32)n1. The fourth-order valence-electron chi connectivity index (χ4n) is 1.88. The number of fused-ring (bicyclic) bond motifs is 3. The molecule has 15 heavy (non-hydrogen) atoms. The fraction of sp³-hybridized carbons (Fsp3) is 0.0769. The average Bonchev–Trinajstić information content (AvgIpc) is 2.28. The van der Waals surface area contributed by atoms with Gasteiger partial charge in [-0.3, -0.25) is 9.97 Å². The zero-order valence-corrected chi connectivity index (χ0v) is 8.44. The topological polar surface area (TPSA) is 25.8 Å². The van der Waals surface area contributed by atoms with Crippen molar-refractivity contribution in [2.75, 3.05) is 0 Å². The van der Waals surface area contributed by atoms with Gasteiger partial charge in [-0.05, 0) is 30.5 Å². The van der Waals surface area contributed by atoms with Crippen LogP contribution < -0.4 is 0 Å². The monoisotopic (exact) mass is 194 g/mol. The highest BCUT2D eigenvalue weighted by atomic mass is 14.7. The summed E-state index contributed by atoms with van der Waals surface area (Å²) in [7, 11) is 0. The molecule has 1 aromatic carbocycles. The molecule has 0 N–H and O–H groups in total. The molecule has 3 rings (SSSR count). The van der Waals surface area contributed by atoms with Crippen LogP contribution in [0.1, 0.15) is 5.69 Å². The largest absolute Gasteiger partial charge is 0.264 e. The summed E-state index contributed by atoms with van der Waals surface area (Å²) in [5.41, 5.74) is 2.08. The van der Waals surface area contributed by atoms with Crippen molar-refractivity contribution < 1.29 is 0 Å². The van der Waals surface area contributed by atoms with Crippen LogP contribution in [0, 0.1) is 6.92 Å². The molecular weight excluding hydrogens is 184 g/mol. The lowest BCUT2D eigenvalue weighted by Gasteiger charge is -2.02. The number of hydrogen-bond donors (Lipinski definition) is 0. The lowest BCUT2D eigenvalue weighted by Crippen LogP contribution is -1.84. The maximum Gasteiger partial charge on any atom is 0.0712 e. The highest BCUT2D eigenvalue weighted by Crippen LogP contribution is 2.23. The summed E-state index contributed by atoms with van der Waals surface area (Å²) in [5.74, 6) is 0. The van der Waals surface area contributed by atoms with E-state index in [-0.39, 0.29) is 0 Å². The Kier molecular flexibility index (Phi) is 1.68. The third-order valence-corrected chi connectivity index (χ3v) is 2.63. The van der Waals surface area contributed by atoms with Crippen molar-refractivity contribution in [3.8, 4) is 0 Å². The van der Waals surface area contributed by atoms with Crippen molar-refractivity contribution >= 4 is 21.7 Å². The number of rotatable bonds is 0. The third kappa shape index (κ3) is 1.26. The van der Waals surface area contributed by atoms with E-state index in [4.69, 9.17) is 0 Å². The molecule has 0 atom stereocenters. The smallest absolute Gasteiger partial charge is 0.0712 e. The first-order valence-corrected chi connectivity index (χ1v) is 4.95. The molecule has 0 spiro atoms. The predicted octanol–water partition coefficient (Wildman–Crippen LogP) is 3.09. The Bertz CT molecular complexity index is 644. The van der Waals surface area contributed by atoms with E-state index in [0.717, 1.165) is 11.2 Å². The van der Waals surface area contributed by atoms with Gasteiger partial charge in [-0.15, -0.1) is 0 Å². The van der Waals surface area contributed by atoms with Crippen LogP contribution in [0.2, 0.25) is 0 Å². The summed E-state index contributed by atoms with van der Waals surface area (Å²) in [6.45, 7) is 2.01. The minimum Gasteiger partial charge on any atom is -0.264 e. The van der Waals surface area contributed by atoms with Crippen molar-refractivity contribution in [2.24, 2.45) is 0 Å². The highest BCUT2D eigenvalue weighted by Gasteiger charge is 2.00. The van der Waals surface area contributed by atoms with E-state index >= 15 is 0 Å². The van der Waals surface area contributed by atoms with Gasteiger partial charge in [0.1, 0.15) is 0 Å². The molecule has 0 aliphatic heterocycles. The summed E-state index contributed by atoms with van der Waals surface area (Å²) >= 11 is 0. The van der Waals surface area contributed by atoms with Gasteiger partial charge in [-0.1, -0.05) is 12.1 Å². The Balaban J connectivity index is 2.55. The predicted molar refractivity (Wildman–Crippen MR) is 61.8 cm³/mol. The number of nitrogens with zero attached hydrogens (tertiary/aromatic N) is 2. The molecule has 2 aromatic heterocycles. The minimum absolute atomic E-state index is 1.04. The Morgan fingerprint density at radius 3 is 2.80 bits per heavy atom. The molecule has 0 aliphatic rings. The van der Waals surface area contributed by atoms with Gasteiger partial charge in [0, 0.05) is 28.9 Å². The van der Waals surface area contributed by atoms with Crippen LogP contribution in [0.25, 0.3) is 21.7 Å². The quantitative estimate of drug-likeness (QED) is 0.514. The van der Waals surface area contributed by atoms with E-state index < -0.39 is 0 Å². The summed E-state index contributed by atoms with van der Waals surface area (Å²) in [5, 5.41) is 3.55. The first-order chi connectivity index (χ1) is 7.34. The van der Waals surface area contributed by atoms with Crippen LogP contribution >= 0.6 is 0 Å². The van der Waals surface area contributed by atoms with Gasteiger partial charge in [0.2, 0.25) is 0 Å². The number of aromatic nitrogens is 2. The van der Waals surface area contributed by atoms with Gasteiger partial charge >= 0.3 is 0 Å². The molecule has 0 radical (unpaired) electrons. The van der Waals surface area contributed by atoms with Gasteiger partial charge in [-0.25, -0.2) is 0 Å². The molecule has 0 saturated heterocycles. The van der Waals surface area contributed by atoms with Crippen LogP contribution in [0.3, 0.4) is 0 Å². The minimum atomic E-state index is 1.04. The van der Waals surface area contributed by atoms with Gasteiger partial charge in [0.05, 0.1) is 5.52 Å².